The summed E-state index contributed by atoms with van der Waals surface area (Å²) >= 11 is 0. The Bertz CT molecular complexity index is 633. The van der Waals surface area contributed by atoms with Gasteiger partial charge in [0.15, 0.2) is 0 Å². The molecule has 2 heterocycles. The molecule has 0 bridgehead atoms. The summed E-state index contributed by atoms with van der Waals surface area (Å²) in [5, 5.41) is 6.41. The van der Waals surface area contributed by atoms with Gasteiger partial charge in [0.05, 0.1) is 6.33 Å². The van der Waals surface area contributed by atoms with Gasteiger partial charge in [0.1, 0.15) is 0 Å². The maximum absolute atomic E-state index is 12.1. The number of imidazole rings is 1. The number of aromatic nitrogens is 2. The zero-order valence-corrected chi connectivity index (χ0v) is 14.1. The minimum atomic E-state index is 0.161. The quantitative estimate of drug-likeness (QED) is 0.821. The highest BCUT2D eigenvalue weighted by Crippen LogP contribution is 2.17. The minimum Gasteiger partial charge on any atom is -0.352 e. The van der Waals surface area contributed by atoms with E-state index in [0.717, 1.165) is 31.6 Å². The molecule has 24 heavy (non-hydrogen) atoms. The highest BCUT2D eigenvalue weighted by molar-refractivity contribution is 5.75. The second-order valence-corrected chi connectivity index (χ2v) is 6.56. The van der Waals surface area contributed by atoms with Gasteiger partial charge in [0.25, 0.3) is 0 Å². The summed E-state index contributed by atoms with van der Waals surface area (Å²) in [5.41, 5.74) is 2.36. The number of carbonyl (C=O) groups is 1. The van der Waals surface area contributed by atoms with Gasteiger partial charge in [-0.2, -0.15) is 0 Å². The molecule has 5 nitrogen and oxygen atoms in total. The third-order valence-electron chi connectivity index (χ3n) is 4.64. The molecule has 1 aromatic heterocycles. The molecule has 1 aliphatic rings. The van der Waals surface area contributed by atoms with Crippen LogP contribution in [0, 0.1) is 5.92 Å². The van der Waals surface area contributed by atoms with Crippen LogP contribution >= 0.6 is 0 Å². The number of nitrogens with zero attached hydrogens (tertiary/aromatic N) is 2. The molecule has 2 N–H and O–H groups in total. The Morgan fingerprint density at radius 3 is 2.92 bits per heavy atom. The van der Waals surface area contributed by atoms with Crippen molar-refractivity contribution < 1.29 is 4.79 Å². The van der Waals surface area contributed by atoms with Crippen LogP contribution < -0.4 is 10.6 Å². The van der Waals surface area contributed by atoms with Crippen molar-refractivity contribution >= 4 is 5.91 Å². The molecular formula is C19H26N4O. The zero-order chi connectivity index (χ0) is 16.6. The highest BCUT2D eigenvalue weighted by Gasteiger charge is 2.14. The van der Waals surface area contributed by atoms with E-state index in [9.17, 15) is 4.79 Å². The van der Waals surface area contributed by atoms with Crippen molar-refractivity contribution in [1.29, 1.82) is 0 Å². The van der Waals surface area contributed by atoms with Crippen molar-refractivity contribution in [3.05, 3.63) is 54.1 Å². The molecule has 1 saturated heterocycles. The van der Waals surface area contributed by atoms with Gasteiger partial charge in [-0.05, 0) is 49.4 Å². The fraction of sp³-hybridized carbons (Fsp3) is 0.474. The fourth-order valence-electron chi connectivity index (χ4n) is 3.22. The number of piperidine rings is 1. The van der Waals surface area contributed by atoms with Crippen molar-refractivity contribution in [3.8, 4) is 0 Å². The summed E-state index contributed by atoms with van der Waals surface area (Å²) in [7, 11) is 0. The standard InChI is InChI=1S/C19H26N4O/c24-19(5-4-16-6-8-20-9-7-16)22-13-17-2-1-3-18(12-17)14-23-11-10-21-15-23/h1-3,10-12,15-16,20H,4-9,13-14H2,(H,22,24). The molecule has 0 radical (unpaired) electrons. The maximum atomic E-state index is 12.1. The number of hydrogen-bond donors (Lipinski definition) is 2. The van der Waals surface area contributed by atoms with E-state index < -0.39 is 0 Å². The lowest BCUT2D eigenvalue weighted by Gasteiger charge is -2.22. The molecule has 1 amide bonds. The van der Waals surface area contributed by atoms with Crippen LogP contribution in [-0.4, -0.2) is 28.5 Å². The third-order valence-corrected chi connectivity index (χ3v) is 4.64. The molecule has 0 aliphatic carbocycles. The molecule has 1 aromatic carbocycles. The lowest BCUT2D eigenvalue weighted by atomic mass is 9.93. The average molecular weight is 326 g/mol. The number of amides is 1. The zero-order valence-electron chi connectivity index (χ0n) is 14.1. The van der Waals surface area contributed by atoms with Gasteiger partial charge < -0.3 is 15.2 Å². The number of nitrogens with one attached hydrogen (secondary N) is 2. The molecular weight excluding hydrogens is 300 g/mol. The van der Waals surface area contributed by atoms with Gasteiger partial charge >= 0.3 is 0 Å². The van der Waals surface area contributed by atoms with Crippen molar-refractivity contribution in [1.82, 2.24) is 20.2 Å². The first-order chi connectivity index (χ1) is 11.8. The Balaban J connectivity index is 1.43. The monoisotopic (exact) mass is 326 g/mol. The summed E-state index contributed by atoms with van der Waals surface area (Å²) in [6.45, 7) is 3.59. The fourth-order valence-corrected chi connectivity index (χ4v) is 3.22. The van der Waals surface area contributed by atoms with Crippen LogP contribution in [0.15, 0.2) is 43.0 Å². The number of carbonyl (C=O) groups excluding carboxylic acids is 1. The van der Waals surface area contributed by atoms with Gasteiger partial charge in [-0.15, -0.1) is 0 Å². The van der Waals surface area contributed by atoms with Crippen molar-refractivity contribution in [2.75, 3.05) is 13.1 Å². The summed E-state index contributed by atoms with van der Waals surface area (Å²) < 4.78 is 2.04. The van der Waals surface area contributed by atoms with Crippen molar-refractivity contribution in [3.63, 3.8) is 0 Å². The van der Waals surface area contributed by atoms with E-state index in [2.05, 4.69) is 33.8 Å². The molecule has 0 saturated carbocycles. The summed E-state index contributed by atoms with van der Waals surface area (Å²) in [6.07, 6.45) is 9.59. The minimum absolute atomic E-state index is 0.161. The second-order valence-electron chi connectivity index (χ2n) is 6.56. The first-order valence-corrected chi connectivity index (χ1v) is 8.80. The first kappa shape index (κ1) is 16.7. The van der Waals surface area contributed by atoms with E-state index >= 15 is 0 Å². The molecule has 0 spiro atoms. The Hall–Kier alpha value is -2.14. The molecule has 1 aliphatic heterocycles. The topological polar surface area (TPSA) is 59.0 Å². The predicted molar refractivity (Wildman–Crippen MR) is 94.4 cm³/mol. The largest absolute Gasteiger partial charge is 0.352 e. The van der Waals surface area contributed by atoms with Gasteiger partial charge in [-0.3, -0.25) is 4.79 Å². The first-order valence-electron chi connectivity index (χ1n) is 8.80. The van der Waals surface area contributed by atoms with E-state index in [-0.39, 0.29) is 5.91 Å². The number of hydrogen-bond acceptors (Lipinski definition) is 3. The molecule has 3 rings (SSSR count). The van der Waals surface area contributed by atoms with E-state index in [1.807, 2.05) is 23.2 Å². The van der Waals surface area contributed by atoms with Crippen LogP contribution in [0.4, 0.5) is 0 Å². The van der Waals surface area contributed by atoms with Crippen LogP contribution in [0.3, 0.4) is 0 Å². The SMILES string of the molecule is O=C(CCC1CCNCC1)NCc1cccc(Cn2ccnc2)c1. The Morgan fingerprint density at radius 2 is 2.12 bits per heavy atom. The van der Waals surface area contributed by atoms with Crippen LogP contribution in [0.25, 0.3) is 0 Å². The lowest BCUT2D eigenvalue weighted by molar-refractivity contribution is -0.121. The summed E-state index contributed by atoms with van der Waals surface area (Å²) in [6, 6.07) is 8.35. The van der Waals surface area contributed by atoms with E-state index in [4.69, 9.17) is 0 Å². The van der Waals surface area contributed by atoms with E-state index in [0.29, 0.717) is 18.9 Å². The van der Waals surface area contributed by atoms with Gasteiger partial charge in [0.2, 0.25) is 5.91 Å². The summed E-state index contributed by atoms with van der Waals surface area (Å²) in [4.78, 5) is 16.1. The Labute approximate surface area is 143 Å². The van der Waals surface area contributed by atoms with Gasteiger partial charge in [-0.25, -0.2) is 4.98 Å². The molecule has 2 aromatic rings. The van der Waals surface area contributed by atoms with Crippen LogP contribution in [0.2, 0.25) is 0 Å². The lowest BCUT2D eigenvalue weighted by Crippen LogP contribution is -2.29. The average Bonchev–Trinajstić information content (AvgIpc) is 3.12. The van der Waals surface area contributed by atoms with E-state index in [1.54, 1.807) is 6.20 Å². The Morgan fingerprint density at radius 1 is 1.29 bits per heavy atom. The second kappa shape index (κ2) is 8.64. The predicted octanol–water partition coefficient (Wildman–Crippen LogP) is 2.33. The third kappa shape index (κ3) is 5.20. The van der Waals surface area contributed by atoms with Gasteiger partial charge in [-0.1, -0.05) is 24.3 Å². The smallest absolute Gasteiger partial charge is 0.220 e. The van der Waals surface area contributed by atoms with E-state index in [1.165, 1.54) is 18.4 Å². The highest BCUT2D eigenvalue weighted by atomic mass is 16.1. The molecule has 0 unspecified atom stereocenters. The normalized spacial score (nSPS) is 15.3. The van der Waals surface area contributed by atoms with Gasteiger partial charge in [0, 0.05) is 31.9 Å². The molecule has 0 atom stereocenters. The van der Waals surface area contributed by atoms with Crippen LogP contribution in [0.1, 0.15) is 36.8 Å². The Kier molecular flexibility index (Phi) is 6.01. The molecule has 128 valence electrons. The van der Waals surface area contributed by atoms with Crippen molar-refractivity contribution in [2.24, 2.45) is 5.92 Å². The number of rotatable bonds is 7. The maximum Gasteiger partial charge on any atom is 0.220 e. The summed E-state index contributed by atoms with van der Waals surface area (Å²) in [5.74, 6) is 0.865. The van der Waals surface area contributed by atoms with Crippen LogP contribution in [0.5, 0.6) is 0 Å². The molecule has 5 heteroatoms. The van der Waals surface area contributed by atoms with Crippen LogP contribution in [-0.2, 0) is 17.9 Å². The van der Waals surface area contributed by atoms with Crippen molar-refractivity contribution in [2.45, 2.75) is 38.8 Å². The molecule has 1 fully saturated rings. The number of benzene rings is 1.